The van der Waals surface area contributed by atoms with Gasteiger partial charge in [0, 0.05) is 11.8 Å². The van der Waals surface area contributed by atoms with Crippen LogP contribution in [0.3, 0.4) is 0 Å². The summed E-state index contributed by atoms with van der Waals surface area (Å²) in [5.41, 5.74) is 5.95. The molecule has 16 heavy (non-hydrogen) atoms. The van der Waals surface area contributed by atoms with Gasteiger partial charge in [-0.25, -0.2) is 0 Å². The molecule has 88 valence electrons. The fraction of sp³-hybridized carbons (Fsp3) is 0.444. The van der Waals surface area contributed by atoms with E-state index in [9.17, 15) is 9.59 Å². The monoisotopic (exact) mass is 225 g/mol. The number of nitrogens with two attached hydrogens (primary N) is 1. The third kappa shape index (κ3) is 3.70. The molecule has 0 bridgehead atoms. The molecule has 0 aliphatic carbocycles. The van der Waals surface area contributed by atoms with Crippen molar-refractivity contribution in [3.05, 3.63) is 18.0 Å². The molecule has 0 radical (unpaired) electrons. The van der Waals surface area contributed by atoms with E-state index in [4.69, 9.17) is 5.73 Å². The molecule has 1 aromatic rings. The van der Waals surface area contributed by atoms with Crippen LogP contribution >= 0.6 is 0 Å². The number of hydrogen-bond acceptors (Lipinski definition) is 4. The van der Waals surface area contributed by atoms with E-state index in [2.05, 4.69) is 20.8 Å². The molecule has 7 heteroatoms. The van der Waals surface area contributed by atoms with Crippen molar-refractivity contribution in [3.8, 4) is 0 Å². The molecular weight excluding hydrogens is 210 g/mol. The average molecular weight is 225 g/mol. The van der Waals surface area contributed by atoms with Crippen molar-refractivity contribution in [1.29, 1.82) is 0 Å². The average Bonchev–Trinajstić information content (AvgIpc) is 2.79. The van der Waals surface area contributed by atoms with Gasteiger partial charge in [0.1, 0.15) is 0 Å². The minimum absolute atomic E-state index is 0.0712. The Kier molecular flexibility index (Phi) is 4.46. The van der Waals surface area contributed by atoms with E-state index in [0.717, 1.165) is 5.56 Å². The topological polar surface area (TPSA) is 113 Å². The van der Waals surface area contributed by atoms with Gasteiger partial charge in [-0.1, -0.05) is 0 Å². The summed E-state index contributed by atoms with van der Waals surface area (Å²) in [7, 11) is 0. The highest BCUT2D eigenvalue weighted by Gasteiger charge is 2.10. The Morgan fingerprint density at radius 1 is 1.56 bits per heavy atom. The van der Waals surface area contributed by atoms with Gasteiger partial charge in [0.25, 0.3) is 0 Å². The summed E-state index contributed by atoms with van der Waals surface area (Å²) < 4.78 is 0. The van der Waals surface area contributed by atoms with E-state index in [-0.39, 0.29) is 30.9 Å². The molecule has 0 aliphatic rings. The highest BCUT2D eigenvalue weighted by molar-refractivity contribution is 5.85. The SMILES string of the molecule is CC(NC(=O)CNC(=O)CN)c1cn[nH]c1. The fourth-order valence-corrected chi connectivity index (χ4v) is 1.12. The van der Waals surface area contributed by atoms with E-state index in [1.807, 2.05) is 6.92 Å². The van der Waals surface area contributed by atoms with Gasteiger partial charge in [-0.15, -0.1) is 0 Å². The first-order valence-corrected chi connectivity index (χ1v) is 4.88. The van der Waals surface area contributed by atoms with Crippen LogP contribution in [0.1, 0.15) is 18.5 Å². The Morgan fingerprint density at radius 2 is 2.31 bits per heavy atom. The van der Waals surface area contributed by atoms with Crippen LogP contribution in [0.25, 0.3) is 0 Å². The maximum Gasteiger partial charge on any atom is 0.239 e. The van der Waals surface area contributed by atoms with Crippen molar-refractivity contribution in [3.63, 3.8) is 0 Å². The second-order valence-corrected chi connectivity index (χ2v) is 3.30. The number of nitrogens with zero attached hydrogens (tertiary/aromatic N) is 1. The van der Waals surface area contributed by atoms with Gasteiger partial charge in [-0.05, 0) is 6.92 Å². The molecule has 2 amide bonds. The van der Waals surface area contributed by atoms with Crippen LogP contribution < -0.4 is 16.4 Å². The van der Waals surface area contributed by atoms with Crippen LogP contribution in [0, 0.1) is 0 Å². The smallest absolute Gasteiger partial charge is 0.239 e. The minimum Gasteiger partial charge on any atom is -0.348 e. The predicted octanol–water partition coefficient (Wildman–Crippen LogP) is -1.34. The van der Waals surface area contributed by atoms with E-state index < -0.39 is 0 Å². The van der Waals surface area contributed by atoms with E-state index in [1.165, 1.54) is 0 Å². The number of aromatic nitrogens is 2. The Hall–Kier alpha value is -1.89. The lowest BCUT2D eigenvalue weighted by atomic mass is 10.2. The number of H-pyrrole nitrogens is 1. The van der Waals surface area contributed by atoms with Crippen molar-refractivity contribution in [1.82, 2.24) is 20.8 Å². The molecule has 0 saturated heterocycles. The number of amides is 2. The summed E-state index contributed by atoms with van der Waals surface area (Å²) in [6.07, 6.45) is 3.33. The van der Waals surface area contributed by atoms with Gasteiger partial charge in [0.15, 0.2) is 0 Å². The zero-order valence-electron chi connectivity index (χ0n) is 8.99. The standard InChI is InChI=1S/C9H15N5O2/c1-6(7-3-12-13-4-7)14-9(16)5-11-8(15)2-10/h3-4,6H,2,5,10H2,1H3,(H,11,15)(H,12,13)(H,14,16). The Bertz CT molecular complexity index is 349. The molecule has 0 fully saturated rings. The normalized spacial score (nSPS) is 11.9. The Morgan fingerprint density at radius 3 is 2.88 bits per heavy atom. The lowest BCUT2D eigenvalue weighted by Gasteiger charge is -2.12. The number of carbonyl (C=O) groups excluding carboxylic acids is 2. The van der Waals surface area contributed by atoms with Crippen LogP contribution in [0.2, 0.25) is 0 Å². The number of aromatic amines is 1. The first-order chi connectivity index (χ1) is 7.63. The van der Waals surface area contributed by atoms with Crippen molar-refractivity contribution in [2.75, 3.05) is 13.1 Å². The second kappa shape index (κ2) is 5.86. The maximum absolute atomic E-state index is 11.4. The number of rotatable bonds is 5. The first-order valence-electron chi connectivity index (χ1n) is 4.88. The zero-order valence-corrected chi connectivity index (χ0v) is 8.99. The molecule has 1 aromatic heterocycles. The van der Waals surface area contributed by atoms with Gasteiger partial charge in [-0.3, -0.25) is 14.7 Å². The van der Waals surface area contributed by atoms with Crippen molar-refractivity contribution in [2.24, 2.45) is 5.73 Å². The summed E-state index contributed by atoms with van der Waals surface area (Å²) >= 11 is 0. The van der Waals surface area contributed by atoms with E-state index in [0.29, 0.717) is 0 Å². The lowest BCUT2D eigenvalue weighted by Crippen LogP contribution is -2.40. The largest absolute Gasteiger partial charge is 0.348 e. The lowest BCUT2D eigenvalue weighted by molar-refractivity contribution is -0.125. The van der Waals surface area contributed by atoms with Crippen LogP contribution in [-0.2, 0) is 9.59 Å². The van der Waals surface area contributed by atoms with Crippen molar-refractivity contribution in [2.45, 2.75) is 13.0 Å². The molecule has 5 N–H and O–H groups in total. The molecule has 1 atom stereocenters. The number of carbonyl (C=O) groups is 2. The van der Waals surface area contributed by atoms with Crippen LogP contribution in [-0.4, -0.2) is 35.1 Å². The molecule has 0 saturated carbocycles. The quantitative estimate of drug-likeness (QED) is 0.496. The Balaban J connectivity index is 2.32. The highest BCUT2D eigenvalue weighted by Crippen LogP contribution is 2.07. The Labute approximate surface area is 92.8 Å². The van der Waals surface area contributed by atoms with Gasteiger partial charge in [0.05, 0.1) is 25.3 Å². The fourth-order valence-electron chi connectivity index (χ4n) is 1.12. The maximum atomic E-state index is 11.4. The molecule has 0 spiro atoms. The van der Waals surface area contributed by atoms with Gasteiger partial charge >= 0.3 is 0 Å². The van der Waals surface area contributed by atoms with Crippen LogP contribution in [0.4, 0.5) is 0 Å². The number of nitrogens with one attached hydrogen (secondary N) is 3. The summed E-state index contributed by atoms with van der Waals surface area (Å²) in [5, 5.41) is 11.5. The van der Waals surface area contributed by atoms with E-state index in [1.54, 1.807) is 12.4 Å². The molecular formula is C9H15N5O2. The summed E-state index contributed by atoms with van der Waals surface area (Å²) in [5.74, 6) is -0.624. The summed E-state index contributed by atoms with van der Waals surface area (Å²) in [6, 6.07) is -0.152. The zero-order chi connectivity index (χ0) is 12.0. The van der Waals surface area contributed by atoms with Crippen molar-refractivity contribution < 1.29 is 9.59 Å². The third-order valence-electron chi connectivity index (χ3n) is 2.03. The second-order valence-electron chi connectivity index (χ2n) is 3.30. The van der Waals surface area contributed by atoms with E-state index >= 15 is 0 Å². The number of hydrogen-bond donors (Lipinski definition) is 4. The minimum atomic E-state index is -0.355. The molecule has 0 aromatic carbocycles. The van der Waals surface area contributed by atoms with Gasteiger partial charge < -0.3 is 16.4 Å². The molecule has 7 nitrogen and oxygen atoms in total. The van der Waals surface area contributed by atoms with Crippen molar-refractivity contribution >= 4 is 11.8 Å². The summed E-state index contributed by atoms with van der Waals surface area (Å²) in [4.78, 5) is 22.2. The molecule has 0 aliphatic heterocycles. The molecule has 1 unspecified atom stereocenters. The predicted molar refractivity (Wildman–Crippen MR) is 57.2 cm³/mol. The first kappa shape index (κ1) is 12.2. The van der Waals surface area contributed by atoms with Gasteiger partial charge in [-0.2, -0.15) is 5.10 Å². The van der Waals surface area contributed by atoms with Gasteiger partial charge in [0.2, 0.25) is 11.8 Å². The molecule has 1 rings (SSSR count). The van der Waals surface area contributed by atoms with Crippen LogP contribution in [0.15, 0.2) is 12.4 Å². The van der Waals surface area contributed by atoms with Crippen LogP contribution in [0.5, 0.6) is 0 Å². The third-order valence-corrected chi connectivity index (χ3v) is 2.03. The summed E-state index contributed by atoms with van der Waals surface area (Å²) in [6.45, 7) is 1.64. The molecule has 1 heterocycles. The highest BCUT2D eigenvalue weighted by atomic mass is 16.2.